The first-order valence-corrected chi connectivity index (χ1v) is 14.1. The van der Waals surface area contributed by atoms with Crippen molar-refractivity contribution in [3.63, 3.8) is 0 Å². The fourth-order valence-corrected chi connectivity index (χ4v) is 5.66. The van der Waals surface area contributed by atoms with Crippen LogP contribution in [0.2, 0.25) is 5.02 Å². The zero-order chi connectivity index (χ0) is 29.6. The molecule has 2 atom stereocenters. The highest BCUT2D eigenvalue weighted by Crippen LogP contribution is 2.35. The topological polar surface area (TPSA) is 155 Å². The summed E-state index contributed by atoms with van der Waals surface area (Å²) in [6, 6.07) is 14.2. The van der Waals surface area contributed by atoms with Crippen LogP contribution in [0.1, 0.15) is 31.2 Å². The second-order valence-electron chi connectivity index (χ2n) is 10.5. The van der Waals surface area contributed by atoms with Gasteiger partial charge in [0.15, 0.2) is 11.5 Å². The predicted molar refractivity (Wildman–Crippen MR) is 157 cm³/mol. The number of carbonyl (C=O) groups excluding carboxylic acids is 2. The molecule has 216 valence electrons. The highest BCUT2D eigenvalue weighted by atomic mass is 35.5. The van der Waals surface area contributed by atoms with Crippen LogP contribution < -0.4 is 10.2 Å². The summed E-state index contributed by atoms with van der Waals surface area (Å²) in [4.78, 5) is 38.5. The van der Waals surface area contributed by atoms with Crippen LogP contribution in [0.5, 0.6) is 5.75 Å². The van der Waals surface area contributed by atoms with Crippen molar-refractivity contribution in [1.82, 2.24) is 14.9 Å². The molecule has 42 heavy (non-hydrogen) atoms. The summed E-state index contributed by atoms with van der Waals surface area (Å²) in [5.41, 5.74) is 2.58. The molecule has 1 aromatic heterocycles. The molecule has 1 saturated carbocycles. The number of oxime groups is 1. The minimum Gasteiger partial charge on any atom is -0.506 e. The van der Waals surface area contributed by atoms with E-state index in [-0.39, 0.29) is 40.1 Å². The van der Waals surface area contributed by atoms with Crippen LogP contribution in [-0.2, 0) is 9.59 Å². The Hall–Kier alpha value is -4.69. The summed E-state index contributed by atoms with van der Waals surface area (Å²) in [5, 5.41) is 33.4. The molecule has 2 amide bonds. The van der Waals surface area contributed by atoms with Crippen molar-refractivity contribution in [3.05, 3.63) is 65.4 Å². The zero-order valence-electron chi connectivity index (χ0n) is 22.8. The van der Waals surface area contributed by atoms with Crippen LogP contribution >= 0.6 is 11.6 Å². The quantitative estimate of drug-likeness (QED) is 0.160. The Morgan fingerprint density at radius 3 is 2.43 bits per heavy atom. The molecule has 1 aliphatic carbocycles. The monoisotopic (exact) mass is 587 g/mol. The average Bonchev–Trinajstić information content (AvgIpc) is 3.49. The van der Waals surface area contributed by atoms with Crippen molar-refractivity contribution >= 4 is 40.5 Å². The van der Waals surface area contributed by atoms with Gasteiger partial charge in [-0.25, -0.2) is 9.97 Å². The molecule has 1 saturated heterocycles. The molecule has 3 aromatic rings. The maximum Gasteiger partial charge on any atom is 0.227 e. The van der Waals surface area contributed by atoms with Crippen molar-refractivity contribution < 1.29 is 19.9 Å². The number of anilines is 2. The van der Waals surface area contributed by atoms with E-state index in [1.54, 1.807) is 12.1 Å². The summed E-state index contributed by atoms with van der Waals surface area (Å²) in [5.74, 6) is 0.539. The first-order valence-electron chi connectivity index (χ1n) is 13.7. The van der Waals surface area contributed by atoms with E-state index in [2.05, 4.69) is 25.3 Å². The van der Waals surface area contributed by atoms with Crippen molar-refractivity contribution in [3.8, 4) is 23.2 Å². The third kappa shape index (κ3) is 6.61. The number of carbonyl (C=O) groups is 2. The van der Waals surface area contributed by atoms with Crippen LogP contribution in [-0.4, -0.2) is 68.9 Å². The van der Waals surface area contributed by atoms with Gasteiger partial charge in [-0.15, -0.1) is 0 Å². The predicted octanol–water partition coefficient (Wildman–Crippen LogP) is 4.30. The molecule has 3 N–H and O–H groups in total. The van der Waals surface area contributed by atoms with Crippen molar-refractivity contribution in [2.24, 2.45) is 17.0 Å². The number of hydrogen-bond acceptors (Lipinski definition) is 9. The van der Waals surface area contributed by atoms with Gasteiger partial charge in [0.05, 0.1) is 10.6 Å². The number of nitriles is 1. The Kier molecular flexibility index (Phi) is 8.83. The third-order valence-corrected chi connectivity index (χ3v) is 8.15. The summed E-state index contributed by atoms with van der Waals surface area (Å²) in [7, 11) is 0. The molecule has 0 radical (unpaired) electrons. The van der Waals surface area contributed by atoms with Gasteiger partial charge in [0, 0.05) is 67.8 Å². The number of phenolic OH excluding ortho intramolecular Hbond substituents is 1. The van der Waals surface area contributed by atoms with E-state index in [4.69, 9.17) is 22.1 Å². The lowest BCUT2D eigenvalue weighted by Crippen LogP contribution is -2.49. The molecule has 2 aliphatic rings. The van der Waals surface area contributed by atoms with Gasteiger partial charge in [0.2, 0.25) is 11.8 Å². The molecular weight excluding hydrogens is 558 g/mol. The van der Waals surface area contributed by atoms with Crippen LogP contribution in [0.4, 0.5) is 11.4 Å². The van der Waals surface area contributed by atoms with Crippen LogP contribution in [0, 0.1) is 23.2 Å². The molecule has 2 aromatic carbocycles. The van der Waals surface area contributed by atoms with Crippen molar-refractivity contribution in [2.75, 3.05) is 36.4 Å². The molecule has 12 heteroatoms. The fourth-order valence-electron chi connectivity index (χ4n) is 5.48. The van der Waals surface area contributed by atoms with Crippen LogP contribution in [0.15, 0.2) is 60.0 Å². The van der Waals surface area contributed by atoms with Gasteiger partial charge in [-0.1, -0.05) is 16.8 Å². The number of rotatable bonds is 7. The van der Waals surface area contributed by atoms with Crippen molar-refractivity contribution in [2.45, 2.75) is 25.7 Å². The number of hydrogen-bond donors (Lipinski definition) is 3. The first-order chi connectivity index (χ1) is 20.3. The van der Waals surface area contributed by atoms with Crippen LogP contribution in [0.25, 0.3) is 11.4 Å². The number of aromatic hydroxyl groups is 1. The van der Waals surface area contributed by atoms with E-state index < -0.39 is 0 Å². The van der Waals surface area contributed by atoms with Crippen LogP contribution in [0.3, 0.4) is 0 Å². The standard InChI is InChI=1S/C30H30ClN7O4/c31-25-15-23(5-8-27(25)39)35-30(41)21-2-1-19(13-21)14-28(40)38-11-9-37(10-12-38)24-6-3-20(4-7-24)29-33-17-22(18-34-29)26(16-32)36-42/h3-8,15,17-19,21,39,42H,1-2,9-14H2,(H,35,41)/b36-26+/t19?,21-/m1/s1. The second-order valence-corrected chi connectivity index (χ2v) is 10.9. The van der Waals surface area contributed by atoms with E-state index in [0.29, 0.717) is 43.0 Å². The molecule has 2 fully saturated rings. The fraction of sp³-hybridized carbons (Fsp3) is 0.333. The summed E-state index contributed by atoms with van der Waals surface area (Å²) < 4.78 is 0. The summed E-state index contributed by atoms with van der Waals surface area (Å²) in [6.45, 7) is 2.71. The molecular formula is C30H30ClN7O4. The van der Waals surface area contributed by atoms with Gasteiger partial charge in [-0.3, -0.25) is 9.59 Å². The number of halogens is 1. The normalized spacial score (nSPS) is 18.9. The molecule has 0 bridgehead atoms. The highest BCUT2D eigenvalue weighted by molar-refractivity contribution is 6.32. The maximum atomic E-state index is 13.1. The molecule has 1 unspecified atom stereocenters. The molecule has 2 heterocycles. The lowest BCUT2D eigenvalue weighted by molar-refractivity contribution is -0.132. The van der Waals surface area contributed by atoms with E-state index in [9.17, 15) is 14.7 Å². The van der Waals surface area contributed by atoms with Gasteiger partial charge in [-0.2, -0.15) is 5.26 Å². The third-order valence-electron chi connectivity index (χ3n) is 7.84. The number of nitrogens with one attached hydrogen (secondary N) is 1. The Bertz CT molecular complexity index is 1510. The lowest BCUT2D eigenvalue weighted by Gasteiger charge is -2.36. The second kappa shape index (κ2) is 12.9. The molecule has 1 aliphatic heterocycles. The largest absolute Gasteiger partial charge is 0.506 e. The number of nitrogens with zero attached hydrogens (tertiary/aromatic N) is 6. The average molecular weight is 588 g/mol. The van der Waals surface area contributed by atoms with E-state index >= 15 is 0 Å². The molecule has 5 rings (SSSR count). The highest BCUT2D eigenvalue weighted by Gasteiger charge is 2.33. The number of amides is 2. The van der Waals surface area contributed by atoms with Gasteiger partial charge in [0.1, 0.15) is 11.8 Å². The van der Waals surface area contributed by atoms with Gasteiger partial charge >= 0.3 is 0 Å². The molecule has 0 spiro atoms. The Morgan fingerprint density at radius 2 is 1.79 bits per heavy atom. The summed E-state index contributed by atoms with van der Waals surface area (Å²) in [6.07, 6.45) is 5.59. The lowest BCUT2D eigenvalue weighted by atomic mass is 10.00. The Balaban J connectivity index is 1.08. The number of phenols is 1. The SMILES string of the molecule is N#C/C(=N\O)c1cnc(-c2ccc(N3CCN(C(=O)CC4CC[C@@H](C(=O)Nc5ccc(O)c(Cl)c5)C4)CC3)cc2)nc1. The van der Waals surface area contributed by atoms with Crippen molar-refractivity contribution in [1.29, 1.82) is 5.26 Å². The van der Waals surface area contributed by atoms with E-state index in [1.165, 1.54) is 24.5 Å². The smallest absolute Gasteiger partial charge is 0.227 e. The minimum absolute atomic E-state index is 0.0332. The number of aromatic nitrogens is 2. The van der Waals surface area contributed by atoms with E-state index in [1.807, 2.05) is 29.2 Å². The van der Waals surface area contributed by atoms with Gasteiger partial charge in [-0.05, 0) is 67.6 Å². The molecule has 11 nitrogen and oxygen atoms in total. The number of piperazine rings is 1. The minimum atomic E-state index is -0.151. The Morgan fingerprint density at radius 1 is 1.07 bits per heavy atom. The summed E-state index contributed by atoms with van der Waals surface area (Å²) >= 11 is 5.94. The zero-order valence-corrected chi connectivity index (χ0v) is 23.5. The van der Waals surface area contributed by atoms with Gasteiger partial charge in [0.25, 0.3) is 0 Å². The van der Waals surface area contributed by atoms with E-state index in [0.717, 1.165) is 37.2 Å². The number of benzene rings is 2. The maximum absolute atomic E-state index is 13.1. The Labute approximate surface area is 248 Å². The first kappa shape index (κ1) is 28.8. The van der Waals surface area contributed by atoms with Gasteiger partial charge < -0.3 is 25.4 Å².